The summed E-state index contributed by atoms with van der Waals surface area (Å²) in [7, 11) is 0. The van der Waals surface area contributed by atoms with Gasteiger partial charge < -0.3 is 10.2 Å². The highest BCUT2D eigenvalue weighted by molar-refractivity contribution is 5.93. The standard InChI is InChI=1S/C29H29F4N3O/c1-2-15-35-16-17-36(25-12-10-23(11-13-25)24-7-3-6-22(18-24)20-34)28(37)8-4-5-21-9-14-26(27(30)19-21)29(31,32)33/h3,6-7,9-14,18-19,35H,2,4-5,8,15-17H2,1H3. The van der Waals surface area contributed by atoms with E-state index in [0.29, 0.717) is 30.6 Å². The Hall–Kier alpha value is -3.70. The molecule has 0 bridgehead atoms. The average Bonchev–Trinajstić information content (AvgIpc) is 2.88. The van der Waals surface area contributed by atoms with Gasteiger partial charge in [-0.2, -0.15) is 18.4 Å². The van der Waals surface area contributed by atoms with Crippen molar-refractivity contribution in [1.29, 1.82) is 5.26 Å². The van der Waals surface area contributed by atoms with E-state index in [1.165, 1.54) is 6.07 Å². The first kappa shape index (κ1) is 27.9. The number of nitrogens with zero attached hydrogens (tertiary/aromatic N) is 2. The van der Waals surface area contributed by atoms with Crippen molar-refractivity contribution in [2.24, 2.45) is 0 Å². The smallest absolute Gasteiger partial charge is 0.315 e. The molecule has 0 saturated heterocycles. The van der Waals surface area contributed by atoms with Gasteiger partial charge >= 0.3 is 6.18 Å². The van der Waals surface area contributed by atoms with Gasteiger partial charge in [0.1, 0.15) is 5.82 Å². The van der Waals surface area contributed by atoms with Crippen molar-refractivity contribution in [1.82, 2.24) is 5.32 Å². The molecule has 4 nitrogen and oxygen atoms in total. The Labute approximate surface area is 214 Å². The van der Waals surface area contributed by atoms with E-state index in [9.17, 15) is 22.4 Å². The number of hydrogen-bond acceptors (Lipinski definition) is 3. The highest BCUT2D eigenvalue weighted by atomic mass is 19.4. The van der Waals surface area contributed by atoms with Crippen molar-refractivity contribution in [2.45, 2.75) is 38.8 Å². The van der Waals surface area contributed by atoms with Crippen LogP contribution in [-0.2, 0) is 17.4 Å². The summed E-state index contributed by atoms with van der Waals surface area (Å²) in [5.41, 5.74) is 2.23. The molecule has 1 amide bonds. The topological polar surface area (TPSA) is 56.1 Å². The van der Waals surface area contributed by atoms with Gasteiger partial charge in [-0.3, -0.25) is 4.79 Å². The predicted molar refractivity (Wildman–Crippen MR) is 136 cm³/mol. The Bertz CT molecular complexity index is 1230. The number of halogens is 4. The molecule has 1 N–H and O–H groups in total. The molecule has 0 fully saturated rings. The molecule has 0 aliphatic rings. The zero-order valence-corrected chi connectivity index (χ0v) is 20.6. The van der Waals surface area contributed by atoms with Crippen molar-refractivity contribution in [2.75, 3.05) is 24.5 Å². The van der Waals surface area contributed by atoms with Gasteiger partial charge in [-0.1, -0.05) is 37.3 Å². The third-order valence-corrected chi connectivity index (χ3v) is 5.94. The molecule has 0 spiro atoms. The van der Waals surface area contributed by atoms with Crippen molar-refractivity contribution < 1.29 is 22.4 Å². The molecule has 0 unspecified atom stereocenters. The van der Waals surface area contributed by atoms with E-state index in [2.05, 4.69) is 18.3 Å². The molecule has 0 atom stereocenters. The number of rotatable bonds is 11. The van der Waals surface area contributed by atoms with E-state index >= 15 is 0 Å². The van der Waals surface area contributed by atoms with E-state index < -0.39 is 17.6 Å². The van der Waals surface area contributed by atoms with Gasteiger partial charge in [0.05, 0.1) is 17.2 Å². The van der Waals surface area contributed by atoms with Gasteiger partial charge in [0, 0.05) is 25.2 Å². The van der Waals surface area contributed by atoms with Crippen LogP contribution in [0.1, 0.15) is 42.9 Å². The molecule has 3 aromatic rings. The number of anilines is 1. The van der Waals surface area contributed by atoms with Crippen LogP contribution in [-0.4, -0.2) is 25.5 Å². The molecule has 37 heavy (non-hydrogen) atoms. The predicted octanol–water partition coefficient (Wildman–Crippen LogP) is 6.74. The van der Waals surface area contributed by atoms with Gasteiger partial charge in [0.15, 0.2) is 0 Å². The number of carbonyl (C=O) groups excluding carboxylic acids is 1. The van der Waals surface area contributed by atoms with E-state index in [-0.39, 0.29) is 18.7 Å². The number of nitrogens with one attached hydrogen (secondary N) is 1. The van der Waals surface area contributed by atoms with Gasteiger partial charge in [0.2, 0.25) is 5.91 Å². The number of aryl methyl sites for hydroxylation is 1. The number of amides is 1. The van der Waals surface area contributed by atoms with Crippen LogP contribution in [0.15, 0.2) is 66.7 Å². The minimum atomic E-state index is -4.74. The molecule has 0 aliphatic carbocycles. The van der Waals surface area contributed by atoms with Crippen LogP contribution >= 0.6 is 0 Å². The largest absolute Gasteiger partial charge is 0.419 e. The number of benzene rings is 3. The Kier molecular flexibility index (Phi) is 9.81. The average molecular weight is 512 g/mol. The summed E-state index contributed by atoms with van der Waals surface area (Å²) in [5, 5.41) is 12.4. The number of hydrogen-bond donors (Lipinski definition) is 1. The lowest BCUT2D eigenvalue weighted by Crippen LogP contribution is -2.37. The van der Waals surface area contributed by atoms with Gasteiger partial charge in [-0.15, -0.1) is 0 Å². The van der Waals surface area contributed by atoms with E-state index in [1.54, 1.807) is 17.0 Å². The first-order valence-corrected chi connectivity index (χ1v) is 12.2. The van der Waals surface area contributed by atoms with Gasteiger partial charge in [-0.25, -0.2) is 4.39 Å². The van der Waals surface area contributed by atoms with E-state index in [1.807, 2.05) is 36.4 Å². The SMILES string of the molecule is CCCNCCN(C(=O)CCCc1ccc(C(F)(F)F)c(F)c1)c1ccc(-c2cccc(C#N)c2)cc1. The van der Waals surface area contributed by atoms with Crippen molar-refractivity contribution in [3.63, 3.8) is 0 Å². The lowest BCUT2D eigenvalue weighted by Gasteiger charge is -2.24. The molecule has 0 aliphatic heterocycles. The number of alkyl halides is 3. The molecule has 0 radical (unpaired) electrons. The zero-order chi connectivity index (χ0) is 26.8. The summed E-state index contributed by atoms with van der Waals surface area (Å²) in [5.74, 6) is -1.43. The lowest BCUT2D eigenvalue weighted by molar-refractivity contribution is -0.140. The summed E-state index contributed by atoms with van der Waals surface area (Å²) in [6, 6.07) is 19.8. The second-order valence-corrected chi connectivity index (χ2v) is 8.70. The van der Waals surface area contributed by atoms with Crippen LogP contribution in [0.25, 0.3) is 11.1 Å². The molecule has 194 valence electrons. The maximum absolute atomic E-state index is 13.9. The molecule has 0 heterocycles. The summed E-state index contributed by atoms with van der Waals surface area (Å²) in [4.78, 5) is 14.8. The minimum absolute atomic E-state index is 0.120. The van der Waals surface area contributed by atoms with Crippen molar-refractivity contribution >= 4 is 11.6 Å². The Balaban J connectivity index is 1.68. The Morgan fingerprint density at radius 1 is 1.00 bits per heavy atom. The molecule has 0 aromatic heterocycles. The zero-order valence-electron chi connectivity index (χ0n) is 20.6. The van der Waals surface area contributed by atoms with E-state index in [4.69, 9.17) is 5.26 Å². The number of carbonyl (C=O) groups is 1. The van der Waals surface area contributed by atoms with Crippen LogP contribution in [0.5, 0.6) is 0 Å². The monoisotopic (exact) mass is 511 g/mol. The molecule has 0 saturated carbocycles. The lowest BCUT2D eigenvalue weighted by atomic mass is 10.0. The van der Waals surface area contributed by atoms with Crippen molar-refractivity contribution in [3.8, 4) is 17.2 Å². The fourth-order valence-corrected chi connectivity index (χ4v) is 4.02. The molecule has 3 rings (SSSR count). The van der Waals surface area contributed by atoms with E-state index in [0.717, 1.165) is 41.9 Å². The third-order valence-electron chi connectivity index (χ3n) is 5.94. The second-order valence-electron chi connectivity index (χ2n) is 8.70. The second kappa shape index (κ2) is 13.0. The highest BCUT2D eigenvalue weighted by Crippen LogP contribution is 2.32. The summed E-state index contributed by atoms with van der Waals surface area (Å²) in [6.45, 7) is 3.95. The van der Waals surface area contributed by atoms with Gasteiger partial charge in [0.25, 0.3) is 0 Å². The normalized spacial score (nSPS) is 11.2. The molecule has 3 aromatic carbocycles. The number of nitriles is 1. The third kappa shape index (κ3) is 7.89. The summed E-state index contributed by atoms with van der Waals surface area (Å²) < 4.78 is 52.2. The van der Waals surface area contributed by atoms with Gasteiger partial charge in [-0.05, 0) is 78.9 Å². The first-order chi connectivity index (χ1) is 17.7. The quantitative estimate of drug-likeness (QED) is 0.229. The highest BCUT2D eigenvalue weighted by Gasteiger charge is 2.33. The molecular weight excluding hydrogens is 482 g/mol. The van der Waals surface area contributed by atoms with Crippen LogP contribution in [0.3, 0.4) is 0 Å². The summed E-state index contributed by atoms with van der Waals surface area (Å²) in [6.07, 6.45) is -2.94. The summed E-state index contributed by atoms with van der Waals surface area (Å²) >= 11 is 0. The van der Waals surface area contributed by atoms with Crippen LogP contribution in [0.2, 0.25) is 0 Å². The van der Waals surface area contributed by atoms with Crippen LogP contribution < -0.4 is 10.2 Å². The Morgan fingerprint density at radius 2 is 1.76 bits per heavy atom. The minimum Gasteiger partial charge on any atom is -0.315 e. The molecule has 8 heteroatoms. The van der Waals surface area contributed by atoms with Crippen LogP contribution in [0, 0.1) is 17.1 Å². The van der Waals surface area contributed by atoms with Crippen molar-refractivity contribution in [3.05, 3.63) is 89.2 Å². The molecular formula is C29H29F4N3O. The maximum atomic E-state index is 13.9. The maximum Gasteiger partial charge on any atom is 0.419 e. The first-order valence-electron chi connectivity index (χ1n) is 12.2. The van der Waals surface area contributed by atoms with Crippen LogP contribution in [0.4, 0.5) is 23.2 Å². The fourth-order valence-electron chi connectivity index (χ4n) is 4.02. The Morgan fingerprint density at radius 3 is 2.41 bits per heavy atom. The fraction of sp³-hybridized carbons (Fsp3) is 0.310.